The van der Waals surface area contributed by atoms with E-state index in [1.54, 1.807) is 0 Å². The molecule has 2 aliphatic heterocycles. The number of ether oxygens (including phenoxy) is 4. The number of hydrogen-bond donors (Lipinski definition) is 9. The van der Waals surface area contributed by atoms with Crippen LogP contribution < -0.4 is 9.96 Å². The maximum Gasteiger partial charge on any atom is 0.229 e. The van der Waals surface area contributed by atoms with Gasteiger partial charge in [0.25, 0.3) is 0 Å². The first kappa shape index (κ1) is 25.1. The van der Waals surface area contributed by atoms with Crippen LogP contribution in [0.3, 0.4) is 0 Å². The Kier molecular flexibility index (Phi) is 8.34. The van der Waals surface area contributed by atoms with E-state index in [1.807, 2.05) is 0 Å². The van der Waals surface area contributed by atoms with Crippen molar-refractivity contribution in [1.82, 2.24) is 0 Å². The van der Waals surface area contributed by atoms with Crippen molar-refractivity contribution in [3.8, 4) is 5.75 Å². The van der Waals surface area contributed by atoms with E-state index in [2.05, 4.69) is 0 Å². The Bertz CT molecular complexity index is 719. The third kappa shape index (κ3) is 5.18. The molecule has 1 aromatic carbocycles. The zero-order valence-electron chi connectivity index (χ0n) is 16.6. The predicted octanol–water partition coefficient (Wildman–Crippen LogP) is -4.91. The average molecular weight is 465 g/mol. The summed E-state index contributed by atoms with van der Waals surface area (Å²) in [5.41, 5.74) is -0.00468. The molecule has 2 heterocycles. The van der Waals surface area contributed by atoms with Crippen molar-refractivity contribution in [2.24, 2.45) is 0 Å². The van der Waals surface area contributed by atoms with Crippen molar-refractivity contribution in [3.05, 3.63) is 29.5 Å². The maximum absolute atomic E-state index is 11.0. The van der Waals surface area contributed by atoms with E-state index in [0.29, 0.717) is 0 Å². The van der Waals surface area contributed by atoms with Gasteiger partial charge in [0.1, 0.15) is 54.6 Å². The number of hydrogen-bond acceptors (Lipinski definition) is 13. The summed E-state index contributed by atoms with van der Waals surface area (Å²) in [4.78, 5) is 0. The summed E-state index contributed by atoms with van der Waals surface area (Å²) in [5.74, 6) is 0.110. The lowest BCUT2D eigenvalue weighted by Crippen LogP contribution is -2.99. The van der Waals surface area contributed by atoms with Crippen LogP contribution in [0.2, 0.25) is 0 Å². The van der Waals surface area contributed by atoms with Crippen LogP contribution in [0.5, 0.6) is 5.75 Å². The van der Waals surface area contributed by atoms with Gasteiger partial charge in [0.2, 0.25) is 6.29 Å². The second kappa shape index (κ2) is 10.6. The van der Waals surface area contributed by atoms with Crippen LogP contribution in [0.4, 0.5) is 5.69 Å². The van der Waals surface area contributed by atoms with Crippen LogP contribution in [-0.2, 0) is 14.2 Å². The Morgan fingerprint density at radius 3 is 1.91 bits per heavy atom. The second-order valence-corrected chi connectivity index (χ2v) is 7.45. The zero-order valence-corrected chi connectivity index (χ0v) is 16.6. The van der Waals surface area contributed by atoms with Gasteiger partial charge >= 0.3 is 0 Å². The lowest BCUT2D eigenvalue weighted by atomic mass is 9.97. The van der Waals surface area contributed by atoms with E-state index in [9.17, 15) is 41.0 Å². The van der Waals surface area contributed by atoms with Crippen molar-refractivity contribution in [3.63, 3.8) is 0 Å². The quantitative estimate of drug-likeness (QED) is 0.172. The van der Waals surface area contributed by atoms with Crippen molar-refractivity contribution in [2.45, 2.75) is 61.4 Å². The minimum atomic E-state index is -1.79. The molecule has 0 saturated carbocycles. The van der Waals surface area contributed by atoms with E-state index in [-0.39, 0.29) is 11.4 Å². The molecule has 0 aromatic heterocycles. The molecule has 3 rings (SSSR count). The van der Waals surface area contributed by atoms with Gasteiger partial charge in [-0.05, 0) is 12.1 Å². The van der Waals surface area contributed by atoms with Crippen LogP contribution in [0, 0.1) is 5.21 Å². The molecule has 11 atom stereocenters. The first-order valence-electron chi connectivity index (χ1n) is 9.76. The number of aliphatic hydroxyl groups excluding tert-OH is 7. The van der Waals surface area contributed by atoms with Gasteiger partial charge in [0, 0.05) is 12.1 Å². The van der Waals surface area contributed by atoms with Crippen molar-refractivity contribution in [1.29, 1.82) is 0 Å². The van der Waals surface area contributed by atoms with Gasteiger partial charge < -0.3 is 59.9 Å². The molecule has 32 heavy (non-hydrogen) atoms. The molecule has 0 amide bonds. The minimum absolute atomic E-state index is 0.00468. The molecule has 0 spiro atoms. The van der Waals surface area contributed by atoms with Gasteiger partial charge in [0.05, 0.1) is 13.2 Å². The Labute approximate surface area is 181 Å². The Hall–Kier alpha value is -1.50. The van der Waals surface area contributed by atoms with Crippen LogP contribution >= 0.6 is 0 Å². The van der Waals surface area contributed by atoms with Crippen LogP contribution in [0.15, 0.2) is 24.3 Å². The van der Waals surface area contributed by atoms with E-state index in [1.165, 1.54) is 24.3 Å². The predicted molar refractivity (Wildman–Crippen MR) is 99.2 cm³/mol. The fourth-order valence-corrected chi connectivity index (χ4v) is 3.46. The molecule has 2 aliphatic rings. The first-order valence-corrected chi connectivity index (χ1v) is 9.76. The molecule has 9 N–H and O–H groups in total. The van der Waals surface area contributed by atoms with Gasteiger partial charge in [-0.1, -0.05) is 0 Å². The Morgan fingerprint density at radius 2 is 1.34 bits per heavy atom. The molecule has 0 radical (unpaired) electrons. The summed E-state index contributed by atoms with van der Waals surface area (Å²) in [5, 5.41) is 88.6. The van der Waals surface area contributed by atoms with Gasteiger partial charge in [-0.15, -0.1) is 0 Å². The Balaban J connectivity index is 1.75. The molecule has 11 unspecified atom stereocenters. The van der Waals surface area contributed by atoms with Crippen LogP contribution in [0.1, 0.15) is 0 Å². The second-order valence-electron chi connectivity index (χ2n) is 7.45. The Morgan fingerprint density at radius 1 is 0.781 bits per heavy atom. The molecule has 2 fully saturated rings. The third-order valence-electron chi connectivity index (χ3n) is 5.32. The van der Waals surface area contributed by atoms with Crippen LogP contribution in [0.25, 0.3) is 0 Å². The van der Waals surface area contributed by atoms with Crippen molar-refractivity contribution < 1.29 is 65.1 Å². The van der Waals surface area contributed by atoms with Gasteiger partial charge in [0.15, 0.2) is 12.0 Å². The number of rotatable bonds is 7. The average Bonchev–Trinajstić information content (AvgIpc) is 2.78. The highest BCUT2D eigenvalue weighted by atomic mass is 16.8. The summed E-state index contributed by atoms with van der Waals surface area (Å²) in [6, 6.07) is 5.14. The molecule has 1 aromatic rings. The maximum atomic E-state index is 11.0. The summed E-state index contributed by atoms with van der Waals surface area (Å²) in [6.45, 7) is -1.40. The molecule has 14 heteroatoms. The van der Waals surface area contributed by atoms with Gasteiger partial charge in [-0.2, -0.15) is 5.23 Å². The molecule has 0 aliphatic carbocycles. The number of quaternary nitrogens is 1. The monoisotopic (exact) mass is 465 g/mol. The highest BCUT2D eigenvalue weighted by molar-refractivity contribution is 5.35. The summed E-state index contributed by atoms with van der Waals surface area (Å²) >= 11 is 0. The SMILES string of the molecule is [O-][NH+](O)c1ccc(OC2OC(CO)C(O)C(OC3OC(CO)C(O)C(O)C3O)C2O)cc1. The minimum Gasteiger partial charge on any atom is -0.595 e. The summed E-state index contributed by atoms with van der Waals surface area (Å²) in [7, 11) is 0. The first-order chi connectivity index (χ1) is 15.2. The van der Waals surface area contributed by atoms with E-state index in [0.717, 1.165) is 0 Å². The van der Waals surface area contributed by atoms with E-state index < -0.39 is 79.9 Å². The normalized spacial score (nSPS) is 41.3. The molecule has 2 saturated heterocycles. The largest absolute Gasteiger partial charge is 0.595 e. The molecule has 0 bridgehead atoms. The van der Waals surface area contributed by atoms with Crippen LogP contribution in [-0.4, -0.2) is 116 Å². The summed E-state index contributed by atoms with van der Waals surface area (Å²) < 4.78 is 21.6. The lowest BCUT2D eigenvalue weighted by molar-refractivity contribution is -0.991. The topological polar surface area (TPSA) is 226 Å². The van der Waals surface area contributed by atoms with E-state index in [4.69, 9.17) is 24.2 Å². The fourth-order valence-electron chi connectivity index (χ4n) is 3.46. The smallest absolute Gasteiger partial charge is 0.229 e. The fraction of sp³-hybridized carbons (Fsp3) is 0.667. The van der Waals surface area contributed by atoms with Crippen molar-refractivity contribution >= 4 is 5.69 Å². The zero-order chi connectivity index (χ0) is 23.6. The molecular weight excluding hydrogens is 438 g/mol. The third-order valence-corrected chi connectivity index (χ3v) is 5.32. The molecular formula is C18H27NO13. The highest BCUT2D eigenvalue weighted by Crippen LogP contribution is 2.30. The number of benzene rings is 1. The summed E-state index contributed by atoms with van der Waals surface area (Å²) in [6.07, 6.45) is -15.7. The van der Waals surface area contributed by atoms with Crippen molar-refractivity contribution in [2.75, 3.05) is 13.2 Å². The number of aliphatic hydroxyl groups is 7. The highest BCUT2D eigenvalue weighted by Gasteiger charge is 2.51. The van der Waals surface area contributed by atoms with Gasteiger partial charge in [-0.3, -0.25) is 0 Å². The standard InChI is InChI=1S/C18H27NO13/c20-5-9-11(22)13(24)14(25)17(30-9)32-16-12(23)10(6-21)31-18(15(16)26)29-8-3-1-7(2-4-8)19(27)28/h1-4,9-27H,5-6H2. The molecule has 14 nitrogen and oxygen atoms in total. The molecule has 182 valence electrons. The number of nitrogens with one attached hydrogen (secondary N) is 1. The lowest BCUT2D eigenvalue weighted by Gasteiger charge is -2.45. The van der Waals surface area contributed by atoms with Gasteiger partial charge in [-0.25, -0.2) is 5.21 Å². The van der Waals surface area contributed by atoms with E-state index >= 15 is 0 Å².